The third-order valence-corrected chi connectivity index (χ3v) is 5.54. The van der Waals surface area contributed by atoms with E-state index in [4.69, 9.17) is 0 Å². The van der Waals surface area contributed by atoms with Crippen LogP contribution in [0.5, 0.6) is 0 Å². The number of aromatic nitrogens is 1. The summed E-state index contributed by atoms with van der Waals surface area (Å²) >= 11 is 0. The number of non-ortho nitro benzene ring substituents is 1. The second kappa shape index (κ2) is 6.05. The fraction of sp³-hybridized carbons (Fsp3) is 0.267. The molecule has 1 heterocycles. The molecule has 1 saturated carbocycles. The lowest BCUT2D eigenvalue weighted by Crippen LogP contribution is -2.32. The third-order valence-electron chi connectivity index (χ3n) is 3.65. The van der Waals surface area contributed by atoms with E-state index in [1.54, 1.807) is 18.2 Å². The highest BCUT2D eigenvalue weighted by atomic mass is 32.2. The van der Waals surface area contributed by atoms with Crippen molar-refractivity contribution in [3.8, 4) is 0 Å². The van der Waals surface area contributed by atoms with Gasteiger partial charge < -0.3 is 0 Å². The van der Waals surface area contributed by atoms with Crippen LogP contribution in [-0.4, -0.2) is 28.7 Å². The van der Waals surface area contributed by atoms with Crippen molar-refractivity contribution >= 4 is 15.7 Å². The Hall–Kier alpha value is -2.32. The van der Waals surface area contributed by atoms with Crippen molar-refractivity contribution in [3.63, 3.8) is 0 Å². The minimum Gasteiger partial charge on any atom is -0.263 e. The van der Waals surface area contributed by atoms with E-state index in [0.717, 1.165) is 12.8 Å². The number of nitrogens with zero attached hydrogens (tertiary/aromatic N) is 3. The zero-order valence-electron chi connectivity index (χ0n) is 12.2. The van der Waals surface area contributed by atoms with E-state index in [1.807, 2.05) is 0 Å². The molecule has 7 nitrogen and oxygen atoms in total. The number of hydrogen-bond donors (Lipinski definition) is 0. The minimum absolute atomic E-state index is 0.0444. The van der Waals surface area contributed by atoms with E-state index in [1.165, 1.54) is 34.9 Å². The lowest BCUT2D eigenvalue weighted by Gasteiger charge is -2.21. The second-order valence-electron chi connectivity index (χ2n) is 5.40. The summed E-state index contributed by atoms with van der Waals surface area (Å²) in [5.74, 6) is 0. The van der Waals surface area contributed by atoms with Crippen molar-refractivity contribution in [3.05, 3.63) is 64.5 Å². The molecule has 8 heteroatoms. The molecule has 2 aromatic rings. The molecule has 0 amide bonds. The molecule has 0 unspecified atom stereocenters. The normalized spacial score (nSPS) is 14.8. The van der Waals surface area contributed by atoms with E-state index < -0.39 is 14.9 Å². The van der Waals surface area contributed by atoms with Crippen molar-refractivity contribution in [2.75, 3.05) is 0 Å². The Labute approximate surface area is 133 Å². The van der Waals surface area contributed by atoms with Gasteiger partial charge in [-0.15, -0.1) is 0 Å². The molecule has 0 spiro atoms. The number of sulfonamides is 1. The highest BCUT2D eigenvalue weighted by molar-refractivity contribution is 7.89. The summed E-state index contributed by atoms with van der Waals surface area (Å²) in [5.41, 5.74) is 0.551. The molecule has 0 atom stereocenters. The minimum atomic E-state index is -3.67. The number of pyridine rings is 1. The molecule has 1 aliphatic rings. The summed E-state index contributed by atoms with van der Waals surface area (Å²) in [5, 5.41) is 10.9. The smallest absolute Gasteiger partial charge is 0.263 e. The zero-order valence-corrected chi connectivity index (χ0v) is 13.0. The van der Waals surface area contributed by atoms with E-state index in [0.29, 0.717) is 5.56 Å². The van der Waals surface area contributed by atoms with E-state index in [2.05, 4.69) is 4.98 Å². The predicted octanol–water partition coefficient (Wildman–Crippen LogP) is 2.34. The molecule has 1 aromatic carbocycles. The molecule has 0 radical (unpaired) electrons. The Morgan fingerprint density at radius 2 is 2.04 bits per heavy atom. The highest BCUT2D eigenvalue weighted by Crippen LogP contribution is 2.33. The van der Waals surface area contributed by atoms with Crippen LogP contribution in [0.2, 0.25) is 0 Å². The van der Waals surface area contributed by atoms with Crippen LogP contribution in [0.1, 0.15) is 18.4 Å². The van der Waals surface area contributed by atoms with Crippen LogP contribution in [0, 0.1) is 10.1 Å². The topological polar surface area (TPSA) is 93.4 Å². The Balaban J connectivity index is 1.91. The molecule has 1 fully saturated rings. The van der Waals surface area contributed by atoms with Crippen molar-refractivity contribution in [2.24, 2.45) is 0 Å². The molecular weight excluding hydrogens is 318 g/mol. The van der Waals surface area contributed by atoms with Gasteiger partial charge in [0, 0.05) is 37.1 Å². The van der Waals surface area contributed by atoms with Crippen molar-refractivity contribution in [1.82, 2.24) is 9.29 Å². The van der Waals surface area contributed by atoms with Crippen LogP contribution in [-0.2, 0) is 16.6 Å². The third kappa shape index (κ3) is 3.38. The van der Waals surface area contributed by atoms with Crippen molar-refractivity contribution < 1.29 is 13.3 Å². The Morgan fingerprint density at radius 3 is 2.65 bits per heavy atom. The number of benzene rings is 1. The molecule has 1 aliphatic carbocycles. The summed E-state index contributed by atoms with van der Waals surface area (Å²) in [7, 11) is -3.67. The van der Waals surface area contributed by atoms with Gasteiger partial charge in [0.05, 0.1) is 4.92 Å². The lowest BCUT2D eigenvalue weighted by atomic mass is 10.2. The van der Waals surface area contributed by atoms with Gasteiger partial charge in [0.15, 0.2) is 0 Å². The first kappa shape index (κ1) is 15.6. The van der Waals surface area contributed by atoms with Gasteiger partial charge in [-0.25, -0.2) is 8.42 Å². The Bertz CT molecular complexity index is 820. The standard InChI is InChI=1S/C15H15N3O4S/c19-18(20)14-4-1-3-12(9-14)11-17(13-6-7-13)23(21,22)15-5-2-8-16-10-15/h1-5,8-10,13H,6-7,11H2. The van der Waals surface area contributed by atoms with Crippen LogP contribution >= 0.6 is 0 Å². The van der Waals surface area contributed by atoms with Crippen molar-refractivity contribution in [1.29, 1.82) is 0 Å². The first-order valence-electron chi connectivity index (χ1n) is 7.14. The fourth-order valence-corrected chi connectivity index (χ4v) is 3.99. The fourth-order valence-electron chi connectivity index (χ4n) is 2.36. The second-order valence-corrected chi connectivity index (χ2v) is 7.29. The van der Waals surface area contributed by atoms with E-state index >= 15 is 0 Å². The van der Waals surface area contributed by atoms with Gasteiger partial charge in [0.25, 0.3) is 5.69 Å². The number of nitro benzene ring substituents is 1. The lowest BCUT2D eigenvalue weighted by molar-refractivity contribution is -0.384. The summed E-state index contributed by atoms with van der Waals surface area (Å²) in [6.45, 7) is 0.115. The van der Waals surface area contributed by atoms with Gasteiger partial charge in [0.2, 0.25) is 10.0 Å². The molecule has 0 N–H and O–H groups in total. The van der Waals surface area contributed by atoms with Gasteiger partial charge in [-0.05, 0) is 30.5 Å². The van der Waals surface area contributed by atoms with Crippen LogP contribution in [0.3, 0.4) is 0 Å². The molecule has 23 heavy (non-hydrogen) atoms. The number of nitro groups is 1. The van der Waals surface area contributed by atoms with Gasteiger partial charge >= 0.3 is 0 Å². The monoisotopic (exact) mass is 333 g/mol. The zero-order chi connectivity index (χ0) is 16.4. The maximum Gasteiger partial charge on any atom is 0.269 e. The molecule has 0 bridgehead atoms. The Kier molecular flexibility index (Phi) is 4.10. The Morgan fingerprint density at radius 1 is 1.26 bits per heavy atom. The molecule has 3 rings (SSSR count). The quantitative estimate of drug-likeness (QED) is 0.597. The molecule has 0 saturated heterocycles. The average molecular weight is 333 g/mol. The predicted molar refractivity (Wildman–Crippen MR) is 83.1 cm³/mol. The first-order chi connectivity index (χ1) is 11.0. The van der Waals surface area contributed by atoms with Gasteiger partial charge in [0.1, 0.15) is 4.90 Å². The van der Waals surface area contributed by atoms with Crippen LogP contribution < -0.4 is 0 Å². The largest absolute Gasteiger partial charge is 0.269 e. The number of hydrogen-bond acceptors (Lipinski definition) is 5. The van der Waals surface area contributed by atoms with Crippen LogP contribution in [0.25, 0.3) is 0 Å². The SMILES string of the molecule is O=[N+]([O-])c1cccc(CN(C2CC2)S(=O)(=O)c2cccnc2)c1. The summed E-state index contributed by atoms with van der Waals surface area (Å²) in [6, 6.07) is 9.08. The van der Waals surface area contributed by atoms with Crippen LogP contribution in [0.4, 0.5) is 5.69 Å². The molecule has 0 aliphatic heterocycles. The maximum absolute atomic E-state index is 12.8. The summed E-state index contributed by atoms with van der Waals surface area (Å²) < 4.78 is 27.0. The van der Waals surface area contributed by atoms with Crippen molar-refractivity contribution in [2.45, 2.75) is 30.3 Å². The first-order valence-corrected chi connectivity index (χ1v) is 8.58. The number of rotatable bonds is 6. The van der Waals surface area contributed by atoms with Gasteiger partial charge in [-0.2, -0.15) is 4.31 Å². The van der Waals surface area contributed by atoms with Gasteiger partial charge in [-0.1, -0.05) is 12.1 Å². The van der Waals surface area contributed by atoms with E-state index in [-0.39, 0.29) is 23.2 Å². The molecule has 1 aromatic heterocycles. The average Bonchev–Trinajstić information content (AvgIpc) is 3.38. The van der Waals surface area contributed by atoms with E-state index in [9.17, 15) is 18.5 Å². The summed E-state index contributed by atoms with van der Waals surface area (Å²) in [4.78, 5) is 14.4. The molecular formula is C15H15N3O4S. The summed E-state index contributed by atoms with van der Waals surface area (Å²) in [6.07, 6.45) is 4.43. The molecule has 120 valence electrons. The maximum atomic E-state index is 12.8. The van der Waals surface area contributed by atoms with Gasteiger partial charge in [-0.3, -0.25) is 15.1 Å². The van der Waals surface area contributed by atoms with Crippen LogP contribution in [0.15, 0.2) is 53.7 Å². The highest BCUT2D eigenvalue weighted by Gasteiger charge is 2.38.